The van der Waals surface area contributed by atoms with Crippen molar-refractivity contribution in [1.29, 1.82) is 0 Å². The van der Waals surface area contributed by atoms with E-state index in [1.54, 1.807) is 12.1 Å². The van der Waals surface area contributed by atoms with Gasteiger partial charge in [-0.15, -0.1) is 0 Å². The van der Waals surface area contributed by atoms with E-state index in [9.17, 15) is 9.90 Å². The molecule has 0 aliphatic carbocycles. The first-order valence-electron chi connectivity index (χ1n) is 5.41. The summed E-state index contributed by atoms with van der Waals surface area (Å²) in [6.07, 6.45) is -0.393. The molecule has 88 valence electrons. The molecule has 2 aliphatic rings. The van der Waals surface area contributed by atoms with Gasteiger partial charge in [0, 0.05) is 5.56 Å². The molecule has 2 heterocycles. The van der Waals surface area contributed by atoms with Crippen LogP contribution in [0.5, 0.6) is 11.5 Å². The number of ether oxygens (including phenoxy) is 2. The Balaban J connectivity index is 2.10. The number of benzene rings is 1. The predicted octanol–water partition coefficient (Wildman–Crippen LogP) is 1.98. The zero-order chi connectivity index (χ0) is 12.2. The third-order valence-corrected chi connectivity index (χ3v) is 3.19. The quantitative estimate of drug-likeness (QED) is 0.594. The van der Waals surface area contributed by atoms with Gasteiger partial charge >= 0.3 is 0 Å². The Labute approximate surface area is 98.5 Å². The molecule has 1 aromatic carbocycles. The molecular weight excluding hydrogens is 220 g/mol. The molecule has 0 spiro atoms. The summed E-state index contributed by atoms with van der Waals surface area (Å²) in [4.78, 5) is 11.3. The van der Waals surface area contributed by atoms with E-state index in [-0.39, 0.29) is 29.3 Å². The number of aromatic hydroxyl groups is 1. The molecule has 0 radical (unpaired) electrons. The van der Waals surface area contributed by atoms with Crippen LogP contribution in [-0.4, -0.2) is 23.6 Å². The highest BCUT2D eigenvalue weighted by Gasteiger charge is 2.42. The number of hydrogen-bond acceptors (Lipinski definition) is 4. The summed E-state index contributed by atoms with van der Waals surface area (Å²) in [6, 6.07) is 3.12. The Hall–Kier alpha value is -1.81. The van der Waals surface area contributed by atoms with Crippen molar-refractivity contribution in [1.82, 2.24) is 0 Å². The Morgan fingerprint density at radius 2 is 2.24 bits per heavy atom. The minimum Gasteiger partial charge on any atom is -0.507 e. The number of Topliss-reactive ketones (excluding diaryl/α,β-unsaturated/α-hetero) is 1. The van der Waals surface area contributed by atoms with Gasteiger partial charge in [0.25, 0.3) is 0 Å². The van der Waals surface area contributed by atoms with Crippen LogP contribution in [0, 0.1) is 0 Å². The Morgan fingerprint density at radius 1 is 1.47 bits per heavy atom. The van der Waals surface area contributed by atoms with E-state index >= 15 is 0 Å². The zero-order valence-corrected chi connectivity index (χ0v) is 9.40. The van der Waals surface area contributed by atoms with E-state index in [0.717, 1.165) is 11.1 Å². The summed E-state index contributed by atoms with van der Waals surface area (Å²) in [5.41, 5.74) is 1.94. The lowest BCUT2D eigenvalue weighted by Gasteiger charge is -2.07. The number of rotatable bonds is 1. The van der Waals surface area contributed by atoms with Crippen molar-refractivity contribution < 1.29 is 19.4 Å². The largest absolute Gasteiger partial charge is 0.507 e. The molecule has 0 bridgehead atoms. The SMILES string of the molecule is C=C1CO[C@H]2c3cc(O)c(C(C)=O)cc3O[C@@H]12. The van der Waals surface area contributed by atoms with Gasteiger partial charge in [-0.2, -0.15) is 0 Å². The van der Waals surface area contributed by atoms with E-state index < -0.39 is 0 Å². The Bertz CT molecular complexity index is 532. The zero-order valence-electron chi connectivity index (χ0n) is 9.40. The van der Waals surface area contributed by atoms with Crippen molar-refractivity contribution in [3.05, 3.63) is 35.4 Å². The maximum atomic E-state index is 11.3. The van der Waals surface area contributed by atoms with Gasteiger partial charge in [-0.1, -0.05) is 6.58 Å². The number of fused-ring (bicyclic) bond motifs is 3. The minimum absolute atomic E-state index is 0.0263. The lowest BCUT2D eigenvalue weighted by molar-refractivity contribution is 0.0795. The van der Waals surface area contributed by atoms with E-state index in [1.807, 2.05) is 0 Å². The Kier molecular flexibility index (Phi) is 2.03. The molecule has 4 nitrogen and oxygen atoms in total. The first-order valence-corrected chi connectivity index (χ1v) is 5.41. The second-order valence-corrected chi connectivity index (χ2v) is 4.39. The molecule has 1 aromatic rings. The standard InChI is InChI=1S/C13H12O4/c1-6-5-16-13-9-3-10(15)8(7(2)14)4-11(9)17-12(6)13/h3-4,12-13,15H,1,5H2,2H3/t12-,13-/m0/s1. The molecule has 1 saturated heterocycles. The number of carbonyl (C=O) groups is 1. The van der Waals surface area contributed by atoms with Crippen molar-refractivity contribution in [2.45, 2.75) is 19.1 Å². The molecule has 4 heteroatoms. The molecule has 3 rings (SSSR count). The van der Waals surface area contributed by atoms with Crippen LogP contribution in [0.25, 0.3) is 0 Å². The van der Waals surface area contributed by atoms with Crippen molar-refractivity contribution in [3.8, 4) is 11.5 Å². The molecule has 1 N–H and O–H groups in total. The van der Waals surface area contributed by atoms with Gasteiger partial charge in [-0.25, -0.2) is 0 Å². The predicted molar refractivity (Wildman–Crippen MR) is 60.4 cm³/mol. The van der Waals surface area contributed by atoms with E-state index in [4.69, 9.17) is 9.47 Å². The number of carbonyl (C=O) groups excluding carboxylic acids is 1. The summed E-state index contributed by atoms with van der Waals surface area (Å²) < 4.78 is 11.3. The molecule has 2 aliphatic heterocycles. The highest BCUT2D eigenvalue weighted by atomic mass is 16.6. The molecule has 2 atom stereocenters. The maximum Gasteiger partial charge on any atom is 0.163 e. The van der Waals surface area contributed by atoms with Crippen LogP contribution in [0.3, 0.4) is 0 Å². The van der Waals surface area contributed by atoms with E-state index in [1.165, 1.54) is 6.92 Å². The van der Waals surface area contributed by atoms with Gasteiger partial charge in [-0.3, -0.25) is 4.79 Å². The third-order valence-electron chi connectivity index (χ3n) is 3.19. The fraction of sp³-hybridized carbons (Fsp3) is 0.308. The number of hydrogen-bond donors (Lipinski definition) is 1. The maximum absolute atomic E-state index is 11.3. The lowest BCUT2D eigenvalue weighted by atomic mass is 10.0. The monoisotopic (exact) mass is 232 g/mol. The number of phenolic OH excluding ortho intramolecular Hbond substituents is 1. The smallest absolute Gasteiger partial charge is 0.163 e. The average Bonchev–Trinajstić information content (AvgIpc) is 2.78. The summed E-state index contributed by atoms with van der Waals surface area (Å²) in [6.45, 7) is 5.77. The van der Waals surface area contributed by atoms with E-state index in [0.29, 0.717) is 12.4 Å². The highest BCUT2D eigenvalue weighted by Crippen LogP contribution is 2.47. The molecule has 1 fully saturated rings. The van der Waals surface area contributed by atoms with Crippen LogP contribution in [0.2, 0.25) is 0 Å². The second kappa shape index (κ2) is 3.34. The van der Waals surface area contributed by atoms with Gasteiger partial charge in [-0.05, 0) is 24.6 Å². The van der Waals surface area contributed by atoms with Crippen molar-refractivity contribution in [3.63, 3.8) is 0 Å². The minimum atomic E-state index is -0.204. The van der Waals surface area contributed by atoms with Crippen LogP contribution in [0.1, 0.15) is 28.9 Å². The topological polar surface area (TPSA) is 55.8 Å². The third kappa shape index (κ3) is 1.37. The second-order valence-electron chi connectivity index (χ2n) is 4.39. The van der Waals surface area contributed by atoms with Gasteiger partial charge in [0.1, 0.15) is 17.6 Å². The van der Waals surface area contributed by atoms with E-state index in [2.05, 4.69) is 6.58 Å². The van der Waals surface area contributed by atoms with Gasteiger partial charge < -0.3 is 14.6 Å². The molecular formula is C13H12O4. The number of phenols is 1. The van der Waals surface area contributed by atoms with Crippen LogP contribution in [-0.2, 0) is 4.74 Å². The van der Waals surface area contributed by atoms with Crippen LogP contribution < -0.4 is 4.74 Å². The average molecular weight is 232 g/mol. The molecule has 0 amide bonds. The normalized spacial score (nSPS) is 25.4. The summed E-state index contributed by atoms with van der Waals surface area (Å²) in [5, 5.41) is 9.78. The van der Waals surface area contributed by atoms with Crippen LogP contribution in [0.4, 0.5) is 0 Å². The first-order chi connectivity index (χ1) is 8.08. The fourth-order valence-electron chi connectivity index (χ4n) is 2.31. The van der Waals surface area contributed by atoms with Crippen molar-refractivity contribution >= 4 is 5.78 Å². The summed E-state index contributed by atoms with van der Waals surface area (Å²) >= 11 is 0. The molecule has 0 saturated carbocycles. The van der Waals surface area contributed by atoms with Gasteiger partial charge in [0.05, 0.1) is 12.2 Å². The molecule has 0 aromatic heterocycles. The molecule has 0 unspecified atom stereocenters. The number of ketones is 1. The lowest BCUT2D eigenvalue weighted by Crippen LogP contribution is -2.13. The van der Waals surface area contributed by atoms with Crippen molar-refractivity contribution in [2.24, 2.45) is 0 Å². The van der Waals surface area contributed by atoms with Gasteiger partial charge in [0.15, 0.2) is 11.9 Å². The fourth-order valence-corrected chi connectivity index (χ4v) is 2.31. The summed E-state index contributed by atoms with van der Waals surface area (Å²) in [5.74, 6) is 0.385. The first kappa shape index (κ1) is 10.4. The Morgan fingerprint density at radius 3 is 2.94 bits per heavy atom. The van der Waals surface area contributed by atoms with Crippen molar-refractivity contribution in [2.75, 3.05) is 6.61 Å². The molecule has 17 heavy (non-hydrogen) atoms. The van der Waals surface area contributed by atoms with Crippen LogP contribution in [0.15, 0.2) is 24.3 Å². The highest BCUT2D eigenvalue weighted by molar-refractivity contribution is 5.97. The summed E-state index contributed by atoms with van der Waals surface area (Å²) in [7, 11) is 0. The van der Waals surface area contributed by atoms with Gasteiger partial charge in [0.2, 0.25) is 0 Å². The van der Waals surface area contributed by atoms with Crippen LogP contribution >= 0.6 is 0 Å².